The smallest absolute Gasteiger partial charge is 0.338 e. The van der Waals surface area contributed by atoms with Gasteiger partial charge in [-0.25, -0.2) is 9.59 Å². The number of nitrogens with zero attached hydrogens (tertiary/aromatic N) is 1. The number of esters is 2. The summed E-state index contributed by atoms with van der Waals surface area (Å²) in [5.74, 6) is -1.69. The number of piperazine rings is 1. The van der Waals surface area contributed by atoms with E-state index in [-0.39, 0.29) is 24.8 Å². The SMILES string of the molecule is Cc1ccc(C(=O)OC[C@H]2O[C@@H](N3C(=O)[C@H](C)NC(=O)[C@@H]3C)C[C@@H]2OC(=O)c2ccc(C)cc2)cc1. The van der Waals surface area contributed by atoms with Gasteiger partial charge in [0, 0.05) is 6.42 Å². The predicted molar refractivity (Wildman–Crippen MR) is 129 cm³/mol. The zero-order valence-electron chi connectivity index (χ0n) is 20.7. The van der Waals surface area contributed by atoms with Crippen LogP contribution in [-0.2, 0) is 23.8 Å². The van der Waals surface area contributed by atoms with Crippen molar-refractivity contribution in [3.05, 3.63) is 70.8 Å². The van der Waals surface area contributed by atoms with Crippen LogP contribution in [0, 0.1) is 13.8 Å². The molecule has 5 atom stereocenters. The molecule has 36 heavy (non-hydrogen) atoms. The highest BCUT2D eigenvalue weighted by molar-refractivity contribution is 5.96. The fourth-order valence-electron chi connectivity index (χ4n) is 4.30. The zero-order chi connectivity index (χ0) is 26.0. The first-order chi connectivity index (χ1) is 17.1. The van der Waals surface area contributed by atoms with Crippen LogP contribution in [-0.4, -0.2) is 65.8 Å². The van der Waals surface area contributed by atoms with Gasteiger partial charge in [0.25, 0.3) is 0 Å². The molecule has 1 N–H and O–H groups in total. The van der Waals surface area contributed by atoms with Crippen molar-refractivity contribution in [1.82, 2.24) is 10.2 Å². The molecule has 190 valence electrons. The maximum absolute atomic E-state index is 12.9. The molecule has 9 heteroatoms. The van der Waals surface area contributed by atoms with Crippen LogP contribution < -0.4 is 5.32 Å². The number of rotatable bonds is 6. The Bertz CT molecular complexity index is 1150. The second-order valence-electron chi connectivity index (χ2n) is 9.29. The summed E-state index contributed by atoms with van der Waals surface area (Å²) in [7, 11) is 0. The summed E-state index contributed by atoms with van der Waals surface area (Å²) >= 11 is 0. The lowest BCUT2D eigenvalue weighted by atomic mass is 10.1. The molecule has 0 aliphatic carbocycles. The van der Waals surface area contributed by atoms with E-state index in [2.05, 4.69) is 5.32 Å². The van der Waals surface area contributed by atoms with Crippen LogP contribution in [0.2, 0.25) is 0 Å². The van der Waals surface area contributed by atoms with Crippen LogP contribution >= 0.6 is 0 Å². The summed E-state index contributed by atoms with van der Waals surface area (Å²) in [6.07, 6.45) is -2.30. The van der Waals surface area contributed by atoms with Gasteiger partial charge in [-0.15, -0.1) is 0 Å². The van der Waals surface area contributed by atoms with Crippen molar-refractivity contribution < 1.29 is 33.4 Å². The molecule has 0 aromatic heterocycles. The van der Waals surface area contributed by atoms with E-state index >= 15 is 0 Å². The van der Waals surface area contributed by atoms with Crippen molar-refractivity contribution in [3.8, 4) is 0 Å². The van der Waals surface area contributed by atoms with E-state index in [4.69, 9.17) is 14.2 Å². The summed E-state index contributed by atoms with van der Waals surface area (Å²) < 4.78 is 17.3. The van der Waals surface area contributed by atoms with Crippen LogP contribution in [0.1, 0.15) is 52.1 Å². The van der Waals surface area contributed by atoms with Gasteiger partial charge in [-0.1, -0.05) is 35.4 Å². The van der Waals surface area contributed by atoms with E-state index in [1.807, 2.05) is 13.8 Å². The Kier molecular flexibility index (Phi) is 7.40. The number of carbonyl (C=O) groups excluding carboxylic acids is 4. The molecule has 2 saturated heterocycles. The Morgan fingerprint density at radius 1 is 0.944 bits per heavy atom. The summed E-state index contributed by atoms with van der Waals surface area (Å²) in [6, 6.07) is 12.4. The zero-order valence-corrected chi connectivity index (χ0v) is 20.7. The highest BCUT2D eigenvalue weighted by Crippen LogP contribution is 2.30. The summed E-state index contributed by atoms with van der Waals surface area (Å²) in [6.45, 7) is 6.85. The van der Waals surface area contributed by atoms with Gasteiger partial charge in [-0.05, 0) is 52.0 Å². The topological polar surface area (TPSA) is 111 Å². The first-order valence-corrected chi connectivity index (χ1v) is 11.9. The monoisotopic (exact) mass is 494 g/mol. The molecule has 2 aliphatic rings. The maximum Gasteiger partial charge on any atom is 0.338 e. The van der Waals surface area contributed by atoms with Crippen molar-refractivity contribution in [1.29, 1.82) is 0 Å². The van der Waals surface area contributed by atoms with Gasteiger partial charge in [0.05, 0.1) is 11.1 Å². The van der Waals surface area contributed by atoms with E-state index in [1.165, 1.54) is 4.90 Å². The molecule has 2 heterocycles. The lowest BCUT2D eigenvalue weighted by Gasteiger charge is -2.39. The van der Waals surface area contributed by atoms with Gasteiger partial charge in [0.1, 0.15) is 37.1 Å². The number of benzene rings is 2. The second kappa shape index (κ2) is 10.5. The summed E-state index contributed by atoms with van der Waals surface area (Å²) in [5.41, 5.74) is 2.76. The largest absolute Gasteiger partial charge is 0.459 e. The molecule has 2 aromatic carbocycles. The Morgan fingerprint density at radius 3 is 2.08 bits per heavy atom. The minimum Gasteiger partial charge on any atom is -0.459 e. The summed E-state index contributed by atoms with van der Waals surface area (Å²) in [5, 5.41) is 2.63. The number of hydrogen-bond acceptors (Lipinski definition) is 7. The lowest BCUT2D eigenvalue weighted by Crippen LogP contribution is -2.64. The molecule has 2 aliphatic heterocycles. The minimum absolute atomic E-state index is 0.139. The highest BCUT2D eigenvalue weighted by Gasteiger charge is 2.48. The normalized spacial score (nSPS) is 25.9. The number of amides is 2. The third-order valence-electron chi connectivity index (χ3n) is 6.48. The molecule has 0 bridgehead atoms. The fourth-order valence-corrected chi connectivity index (χ4v) is 4.30. The molecule has 9 nitrogen and oxygen atoms in total. The Hall–Kier alpha value is -3.72. The number of aryl methyl sites for hydroxylation is 2. The van der Waals surface area contributed by atoms with E-state index < -0.39 is 42.5 Å². The maximum atomic E-state index is 12.9. The van der Waals surface area contributed by atoms with E-state index in [0.717, 1.165) is 11.1 Å². The molecule has 2 aromatic rings. The van der Waals surface area contributed by atoms with Crippen LogP contribution in [0.3, 0.4) is 0 Å². The van der Waals surface area contributed by atoms with Crippen LogP contribution in [0.4, 0.5) is 0 Å². The molecule has 2 amide bonds. The van der Waals surface area contributed by atoms with Crippen LogP contribution in [0.15, 0.2) is 48.5 Å². The quantitative estimate of drug-likeness (QED) is 0.615. The van der Waals surface area contributed by atoms with E-state index in [9.17, 15) is 19.2 Å². The van der Waals surface area contributed by atoms with Crippen molar-refractivity contribution in [3.63, 3.8) is 0 Å². The number of ether oxygens (including phenoxy) is 3. The van der Waals surface area contributed by atoms with Crippen molar-refractivity contribution >= 4 is 23.8 Å². The van der Waals surface area contributed by atoms with Gasteiger partial charge >= 0.3 is 11.9 Å². The Balaban J connectivity index is 1.51. The lowest BCUT2D eigenvalue weighted by molar-refractivity contribution is -0.165. The molecule has 0 radical (unpaired) electrons. The van der Waals surface area contributed by atoms with Gasteiger partial charge in [0.15, 0.2) is 0 Å². The van der Waals surface area contributed by atoms with Gasteiger partial charge in [0.2, 0.25) is 11.8 Å². The van der Waals surface area contributed by atoms with Crippen molar-refractivity contribution in [2.45, 2.75) is 64.6 Å². The molecular weight excluding hydrogens is 464 g/mol. The molecule has 4 rings (SSSR count). The Labute approximate surface area is 209 Å². The second-order valence-corrected chi connectivity index (χ2v) is 9.29. The number of nitrogens with one attached hydrogen (secondary N) is 1. The summed E-state index contributed by atoms with van der Waals surface area (Å²) in [4.78, 5) is 52.0. The molecule has 0 spiro atoms. The molecular formula is C27H30N2O7. The number of hydrogen-bond donors (Lipinski definition) is 1. The van der Waals surface area contributed by atoms with Crippen molar-refractivity contribution in [2.24, 2.45) is 0 Å². The average Bonchev–Trinajstić information content (AvgIpc) is 3.24. The Morgan fingerprint density at radius 2 is 1.50 bits per heavy atom. The highest BCUT2D eigenvalue weighted by atomic mass is 16.6. The van der Waals surface area contributed by atoms with Gasteiger partial charge in [-0.2, -0.15) is 0 Å². The number of carbonyl (C=O) groups is 4. The first-order valence-electron chi connectivity index (χ1n) is 11.9. The molecule has 2 fully saturated rings. The van der Waals surface area contributed by atoms with Crippen molar-refractivity contribution in [2.75, 3.05) is 6.61 Å². The molecule has 0 saturated carbocycles. The fraction of sp³-hybridized carbons (Fsp3) is 0.407. The average molecular weight is 495 g/mol. The third kappa shape index (κ3) is 5.41. The predicted octanol–water partition coefficient (Wildman–Crippen LogP) is 2.54. The van der Waals surface area contributed by atoms with E-state index in [0.29, 0.717) is 11.1 Å². The third-order valence-corrected chi connectivity index (χ3v) is 6.48. The standard InChI is InChI=1S/C27H30N2O7/c1-15-5-9-19(10-6-15)26(32)34-14-22-21(36-27(33)20-11-7-16(2)8-12-20)13-23(35-22)29-18(4)24(30)28-17(3)25(29)31/h5-12,17-18,21-23H,13-14H2,1-4H3,(H,28,30)/t17-,18-,21-,22+,23+/m0/s1. The van der Waals surface area contributed by atoms with Crippen LogP contribution in [0.5, 0.6) is 0 Å². The van der Waals surface area contributed by atoms with E-state index in [1.54, 1.807) is 62.4 Å². The minimum atomic E-state index is -0.820. The first kappa shape index (κ1) is 25.4. The van der Waals surface area contributed by atoms with Crippen LogP contribution in [0.25, 0.3) is 0 Å². The van der Waals surface area contributed by atoms with Gasteiger partial charge < -0.3 is 24.4 Å². The van der Waals surface area contributed by atoms with Gasteiger partial charge in [-0.3, -0.25) is 9.59 Å². The molecule has 0 unspecified atom stereocenters.